The van der Waals surface area contributed by atoms with E-state index in [1.807, 2.05) is 6.07 Å². The molecule has 6 heteroatoms. The highest BCUT2D eigenvalue weighted by Gasteiger charge is 2.18. The van der Waals surface area contributed by atoms with Crippen LogP contribution in [0.3, 0.4) is 0 Å². The second-order valence-electron chi connectivity index (χ2n) is 4.26. The molecule has 2 rings (SSSR count). The van der Waals surface area contributed by atoms with Crippen LogP contribution in [0.1, 0.15) is 18.9 Å². The molecular formula is C13H15N3O3. The van der Waals surface area contributed by atoms with Crippen molar-refractivity contribution in [1.29, 1.82) is 0 Å². The molecule has 1 unspecified atom stereocenters. The summed E-state index contributed by atoms with van der Waals surface area (Å²) in [7, 11) is 0. The van der Waals surface area contributed by atoms with E-state index in [0.29, 0.717) is 6.42 Å². The zero-order valence-corrected chi connectivity index (χ0v) is 10.5. The van der Waals surface area contributed by atoms with Crippen molar-refractivity contribution in [2.24, 2.45) is 0 Å². The molecule has 0 fully saturated rings. The lowest BCUT2D eigenvalue weighted by Gasteiger charge is -2.11. The predicted molar refractivity (Wildman–Crippen MR) is 69.7 cm³/mol. The summed E-state index contributed by atoms with van der Waals surface area (Å²) in [4.78, 5) is 29.8. The van der Waals surface area contributed by atoms with Crippen LogP contribution in [0.2, 0.25) is 0 Å². The molecule has 0 aliphatic heterocycles. The predicted octanol–water partition coefficient (Wildman–Crippen LogP) is 1.08. The molecule has 19 heavy (non-hydrogen) atoms. The Balaban J connectivity index is 2.09. The van der Waals surface area contributed by atoms with Gasteiger partial charge in [-0.1, -0.05) is 6.92 Å². The van der Waals surface area contributed by atoms with Gasteiger partial charge in [-0.05, 0) is 24.1 Å². The smallest absolute Gasteiger partial charge is 0.326 e. The summed E-state index contributed by atoms with van der Waals surface area (Å²) < 4.78 is 0. The van der Waals surface area contributed by atoms with E-state index >= 15 is 0 Å². The fourth-order valence-corrected chi connectivity index (χ4v) is 1.92. The van der Waals surface area contributed by atoms with Crippen molar-refractivity contribution in [2.75, 3.05) is 0 Å². The number of fused-ring (bicyclic) bond motifs is 1. The Hall–Kier alpha value is -2.37. The van der Waals surface area contributed by atoms with E-state index < -0.39 is 12.0 Å². The van der Waals surface area contributed by atoms with Gasteiger partial charge >= 0.3 is 5.97 Å². The molecule has 0 radical (unpaired) electrons. The normalized spacial score (nSPS) is 12.3. The number of aliphatic carboxylic acids is 1. The maximum absolute atomic E-state index is 11.8. The number of hydrogen-bond acceptors (Lipinski definition) is 3. The maximum atomic E-state index is 11.8. The van der Waals surface area contributed by atoms with Crippen molar-refractivity contribution in [3.05, 3.63) is 30.1 Å². The van der Waals surface area contributed by atoms with Crippen molar-refractivity contribution >= 4 is 22.9 Å². The number of hydrogen-bond donors (Lipinski definition) is 3. The minimum atomic E-state index is -1.02. The standard InChI is InChI=1S/C13H15N3O3/c1-2-10(13(18)19)16-11(17)6-8-7-15-12-9(8)4-3-5-14-12/h3-5,7,10H,2,6H2,1H3,(H,14,15)(H,16,17)(H,18,19). The van der Waals surface area contributed by atoms with Crippen molar-refractivity contribution in [3.63, 3.8) is 0 Å². The van der Waals surface area contributed by atoms with Gasteiger partial charge in [0.25, 0.3) is 0 Å². The highest BCUT2D eigenvalue weighted by Crippen LogP contribution is 2.15. The van der Waals surface area contributed by atoms with Gasteiger partial charge in [0.1, 0.15) is 11.7 Å². The van der Waals surface area contributed by atoms with Gasteiger partial charge in [0.2, 0.25) is 5.91 Å². The Morgan fingerprint density at radius 1 is 1.53 bits per heavy atom. The molecule has 6 nitrogen and oxygen atoms in total. The van der Waals surface area contributed by atoms with E-state index in [0.717, 1.165) is 16.6 Å². The van der Waals surface area contributed by atoms with Crippen LogP contribution < -0.4 is 5.32 Å². The van der Waals surface area contributed by atoms with Crippen LogP contribution in [-0.4, -0.2) is 33.0 Å². The number of carbonyl (C=O) groups is 2. The number of aromatic nitrogens is 2. The molecule has 0 aliphatic rings. The van der Waals surface area contributed by atoms with E-state index in [1.165, 1.54) is 0 Å². The van der Waals surface area contributed by atoms with E-state index in [1.54, 1.807) is 25.4 Å². The first kappa shape index (κ1) is 13.1. The Bertz CT molecular complexity index is 606. The van der Waals surface area contributed by atoms with Gasteiger partial charge < -0.3 is 15.4 Å². The number of nitrogens with one attached hydrogen (secondary N) is 2. The number of amides is 1. The zero-order valence-electron chi connectivity index (χ0n) is 10.5. The number of aromatic amines is 1. The first-order chi connectivity index (χ1) is 9.11. The quantitative estimate of drug-likeness (QED) is 0.750. The van der Waals surface area contributed by atoms with Gasteiger partial charge in [0, 0.05) is 17.8 Å². The number of pyridine rings is 1. The number of H-pyrrole nitrogens is 1. The molecule has 0 aromatic carbocycles. The first-order valence-electron chi connectivity index (χ1n) is 6.05. The van der Waals surface area contributed by atoms with E-state index in [2.05, 4.69) is 15.3 Å². The van der Waals surface area contributed by atoms with Gasteiger partial charge in [0.05, 0.1) is 6.42 Å². The van der Waals surface area contributed by atoms with Crippen LogP contribution >= 0.6 is 0 Å². The molecular weight excluding hydrogens is 246 g/mol. The van der Waals surface area contributed by atoms with Crippen LogP contribution in [0.5, 0.6) is 0 Å². The third-order valence-corrected chi connectivity index (χ3v) is 2.93. The molecule has 0 saturated carbocycles. The van der Waals surface area contributed by atoms with Gasteiger partial charge in [-0.2, -0.15) is 0 Å². The van der Waals surface area contributed by atoms with Crippen LogP contribution in [0.25, 0.3) is 11.0 Å². The topological polar surface area (TPSA) is 95.1 Å². The average Bonchev–Trinajstić information content (AvgIpc) is 2.79. The molecule has 100 valence electrons. The third-order valence-electron chi connectivity index (χ3n) is 2.93. The van der Waals surface area contributed by atoms with Gasteiger partial charge in [-0.3, -0.25) is 4.79 Å². The summed E-state index contributed by atoms with van der Waals surface area (Å²) >= 11 is 0. The molecule has 1 amide bonds. The zero-order chi connectivity index (χ0) is 13.8. The number of carboxylic acids is 1. The number of nitrogens with zero attached hydrogens (tertiary/aromatic N) is 1. The lowest BCUT2D eigenvalue weighted by atomic mass is 10.1. The molecule has 1 atom stereocenters. The molecule has 2 heterocycles. The number of carbonyl (C=O) groups excluding carboxylic acids is 1. The highest BCUT2D eigenvalue weighted by atomic mass is 16.4. The summed E-state index contributed by atoms with van der Waals surface area (Å²) in [6, 6.07) is 2.83. The molecule has 0 bridgehead atoms. The SMILES string of the molecule is CCC(NC(=O)Cc1c[nH]c2ncccc12)C(=O)O. The Labute approximate surface area is 109 Å². The molecule has 0 spiro atoms. The summed E-state index contributed by atoms with van der Waals surface area (Å²) in [6.45, 7) is 1.72. The Morgan fingerprint density at radius 3 is 3.00 bits per heavy atom. The average molecular weight is 261 g/mol. The summed E-state index contributed by atoms with van der Waals surface area (Å²) in [5.74, 6) is -1.32. The van der Waals surface area contributed by atoms with Crippen LogP contribution in [0.4, 0.5) is 0 Å². The number of carboxylic acid groups (broad SMARTS) is 1. The summed E-state index contributed by atoms with van der Waals surface area (Å²) in [5.41, 5.74) is 1.52. The Morgan fingerprint density at radius 2 is 2.32 bits per heavy atom. The lowest BCUT2D eigenvalue weighted by molar-refractivity contribution is -0.141. The van der Waals surface area contributed by atoms with Crippen molar-refractivity contribution in [1.82, 2.24) is 15.3 Å². The van der Waals surface area contributed by atoms with E-state index in [9.17, 15) is 9.59 Å². The van der Waals surface area contributed by atoms with Gasteiger partial charge in [-0.15, -0.1) is 0 Å². The van der Waals surface area contributed by atoms with Crippen LogP contribution in [0, 0.1) is 0 Å². The second kappa shape index (κ2) is 5.51. The van der Waals surface area contributed by atoms with E-state index in [4.69, 9.17) is 5.11 Å². The Kier molecular flexibility index (Phi) is 3.79. The largest absolute Gasteiger partial charge is 0.480 e. The molecule has 2 aromatic heterocycles. The van der Waals surface area contributed by atoms with Crippen LogP contribution in [-0.2, 0) is 16.0 Å². The van der Waals surface area contributed by atoms with E-state index in [-0.39, 0.29) is 12.3 Å². The monoisotopic (exact) mass is 261 g/mol. The fourth-order valence-electron chi connectivity index (χ4n) is 1.92. The highest BCUT2D eigenvalue weighted by molar-refractivity contribution is 5.89. The molecule has 3 N–H and O–H groups in total. The second-order valence-corrected chi connectivity index (χ2v) is 4.26. The molecule has 2 aromatic rings. The molecule has 0 saturated heterocycles. The van der Waals surface area contributed by atoms with Crippen LogP contribution in [0.15, 0.2) is 24.5 Å². The van der Waals surface area contributed by atoms with Gasteiger partial charge in [0.15, 0.2) is 0 Å². The number of rotatable bonds is 5. The lowest BCUT2D eigenvalue weighted by Crippen LogP contribution is -2.40. The first-order valence-corrected chi connectivity index (χ1v) is 6.05. The minimum absolute atomic E-state index is 0.134. The third kappa shape index (κ3) is 2.90. The van der Waals surface area contributed by atoms with Gasteiger partial charge in [-0.25, -0.2) is 9.78 Å². The molecule has 0 aliphatic carbocycles. The minimum Gasteiger partial charge on any atom is -0.480 e. The summed E-state index contributed by atoms with van der Waals surface area (Å²) in [6.07, 6.45) is 3.88. The maximum Gasteiger partial charge on any atom is 0.326 e. The summed E-state index contributed by atoms with van der Waals surface area (Å²) in [5, 5.41) is 12.3. The van der Waals surface area contributed by atoms with Crippen molar-refractivity contribution < 1.29 is 14.7 Å². The fraction of sp³-hybridized carbons (Fsp3) is 0.308. The van der Waals surface area contributed by atoms with Crippen molar-refractivity contribution in [3.8, 4) is 0 Å². The van der Waals surface area contributed by atoms with Crippen molar-refractivity contribution in [2.45, 2.75) is 25.8 Å².